The van der Waals surface area contributed by atoms with Gasteiger partial charge >= 0.3 is 0 Å². The van der Waals surface area contributed by atoms with E-state index >= 15 is 0 Å². The maximum atomic E-state index is 14.1. The first kappa shape index (κ1) is 26.5. The van der Waals surface area contributed by atoms with Crippen molar-refractivity contribution < 1.29 is 18.4 Å². The van der Waals surface area contributed by atoms with Gasteiger partial charge in [-0.25, -0.2) is 8.78 Å². The van der Waals surface area contributed by atoms with Crippen molar-refractivity contribution in [2.24, 2.45) is 5.92 Å². The molecule has 0 heterocycles. The van der Waals surface area contributed by atoms with Crippen molar-refractivity contribution in [3.05, 3.63) is 90.8 Å². The van der Waals surface area contributed by atoms with Gasteiger partial charge in [-0.2, -0.15) is 0 Å². The van der Waals surface area contributed by atoms with Crippen molar-refractivity contribution in [2.45, 2.75) is 10.3 Å². The maximum Gasteiger partial charge on any atom is 0.257 e. The summed E-state index contributed by atoms with van der Waals surface area (Å²) < 4.78 is 26.1. The largest absolute Gasteiger partial charge is 0.326 e. The average molecular weight is 644 g/mol. The van der Waals surface area contributed by atoms with Gasteiger partial charge in [0.25, 0.3) is 5.91 Å². The lowest BCUT2D eigenvalue weighted by Crippen LogP contribution is -2.18. The molecule has 0 aliphatic heterocycles. The highest BCUT2D eigenvalue weighted by Crippen LogP contribution is 2.65. The Balaban J connectivity index is 1.53. The van der Waals surface area contributed by atoms with Gasteiger partial charge in [0.1, 0.15) is 10.2 Å². The molecule has 3 aromatic carbocycles. The summed E-state index contributed by atoms with van der Waals surface area (Å²) in [6.45, 7) is 0. The molecular formula is C23H12BrCl5F2N2O2. The van der Waals surface area contributed by atoms with Crippen LogP contribution in [-0.2, 0) is 4.79 Å². The Hall–Kier alpha value is -1.61. The Labute approximate surface area is 232 Å². The topological polar surface area (TPSA) is 58.2 Å². The number of benzene rings is 3. The summed E-state index contributed by atoms with van der Waals surface area (Å²) in [6, 6.07) is 10.6. The molecule has 2 atom stereocenters. The van der Waals surface area contributed by atoms with Crippen molar-refractivity contribution in [3.8, 4) is 0 Å². The first-order valence-corrected chi connectivity index (χ1v) is 12.5. The molecule has 0 spiro atoms. The summed E-state index contributed by atoms with van der Waals surface area (Å²) in [7, 11) is 0. The van der Waals surface area contributed by atoms with Crippen LogP contribution in [0.15, 0.2) is 53.0 Å². The van der Waals surface area contributed by atoms with Gasteiger partial charge in [-0.05, 0) is 64.0 Å². The van der Waals surface area contributed by atoms with Crippen molar-refractivity contribution in [1.82, 2.24) is 0 Å². The Morgan fingerprint density at radius 3 is 2.20 bits per heavy atom. The van der Waals surface area contributed by atoms with Crippen LogP contribution in [0, 0.1) is 17.6 Å². The second-order valence-corrected chi connectivity index (χ2v) is 11.3. The second kappa shape index (κ2) is 10.0. The predicted octanol–water partition coefficient (Wildman–Crippen LogP) is 8.47. The number of anilines is 2. The SMILES string of the molecule is O=C(Nc1c(F)cc(F)cc1Br)c1cc(NC(=O)[C@H]2[C@H](c3cc(Cl)cc(Cl)c3)C2(Cl)Cl)ccc1Cl. The molecule has 0 unspecified atom stereocenters. The van der Waals surface area contributed by atoms with E-state index in [1.807, 2.05) is 0 Å². The molecule has 0 radical (unpaired) electrons. The van der Waals surface area contributed by atoms with Crippen molar-refractivity contribution in [1.29, 1.82) is 0 Å². The molecule has 1 aliphatic rings. The summed E-state index contributed by atoms with van der Waals surface area (Å²) in [6.07, 6.45) is 0. The number of rotatable bonds is 5. The van der Waals surface area contributed by atoms with Gasteiger partial charge in [0.05, 0.1) is 22.2 Å². The van der Waals surface area contributed by atoms with Crippen molar-refractivity contribution in [2.75, 3.05) is 10.6 Å². The van der Waals surface area contributed by atoms with Crippen LogP contribution in [0.1, 0.15) is 21.8 Å². The standard InChI is InChI=1S/C23H12BrCl5F2N2O2/c24-15-6-12(30)7-17(31)20(15)33-21(34)14-8-13(1-2-16(14)27)32-22(35)19-18(23(19,28)29)9-3-10(25)5-11(26)4-9/h1-8,18-19H,(H,32,35)(H,33,34)/t18-,19+/m0/s1. The third kappa shape index (κ3) is 5.55. The lowest BCUT2D eigenvalue weighted by Gasteiger charge is -2.12. The number of nitrogens with one attached hydrogen (secondary N) is 2. The molecule has 0 bridgehead atoms. The van der Waals surface area contributed by atoms with Crippen LogP contribution in [0.5, 0.6) is 0 Å². The fourth-order valence-corrected chi connectivity index (χ4v) is 5.74. The molecule has 182 valence electrons. The van der Waals surface area contributed by atoms with Gasteiger partial charge in [-0.1, -0.05) is 34.8 Å². The highest BCUT2D eigenvalue weighted by atomic mass is 79.9. The molecule has 3 aromatic rings. The average Bonchev–Trinajstić information content (AvgIpc) is 3.33. The van der Waals surface area contributed by atoms with E-state index < -0.39 is 39.6 Å². The normalized spacial score (nSPS) is 18.2. The number of alkyl halides is 2. The summed E-state index contributed by atoms with van der Waals surface area (Å²) >= 11 is 34.0. The number of halogens is 8. The minimum atomic E-state index is -1.39. The van der Waals surface area contributed by atoms with Gasteiger partial charge < -0.3 is 10.6 Å². The van der Waals surface area contributed by atoms with Crippen LogP contribution in [0.4, 0.5) is 20.2 Å². The maximum absolute atomic E-state index is 14.1. The minimum Gasteiger partial charge on any atom is -0.326 e. The molecule has 0 aromatic heterocycles. The van der Waals surface area contributed by atoms with Gasteiger partial charge in [0, 0.05) is 32.2 Å². The zero-order valence-electron chi connectivity index (χ0n) is 17.1. The Morgan fingerprint density at radius 1 is 0.914 bits per heavy atom. The lowest BCUT2D eigenvalue weighted by molar-refractivity contribution is -0.117. The minimum absolute atomic E-state index is 0.00499. The van der Waals surface area contributed by atoms with E-state index in [-0.39, 0.29) is 26.4 Å². The summed E-state index contributed by atoms with van der Waals surface area (Å²) in [5.74, 6) is -4.46. The van der Waals surface area contributed by atoms with E-state index in [1.165, 1.54) is 18.2 Å². The quantitative estimate of drug-likeness (QED) is 0.274. The van der Waals surface area contributed by atoms with E-state index in [9.17, 15) is 18.4 Å². The number of amides is 2. The molecule has 2 amide bonds. The monoisotopic (exact) mass is 640 g/mol. The molecule has 35 heavy (non-hydrogen) atoms. The van der Waals surface area contributed by atoms with Crippen LogP contribution in [0.2, 0.25) is 15.1 Å². The molecular weight excluding hydrogens is 631 g/mol. The smallest absolute Gasteiger partial charge is 0.257 e. The lowest BCUT2D eigenvalue weighted by atomic mass is 10.1. The highest BCUT2D eigenvalue weighted by molar-refractivity contribution is 9.10. The van der Waals surface area contributed by atoms with E-state index in [1.54, 1.807) is 18.2 Å². The van der Waals surface area contributed by atoms with E-state index in [4.69, 9.17) is 58.0 Å². The molecule has 12 heteroatoms. The van der Waals surface area contributed by atoms with Crippen LogP contribution < -0.4 is 10.6 Å². The summed E-state index contributed by atoms with van der Waals surface area (Å²) in [4.78, 5) is 25.7. The second-order valence-electron chi connectivity index (χ2n) is 7.72. The van der Waals surface area contributed by atoms with E-state index in [0.717, 1.165) is 6.07 Å². The molecule has 1 saturated carbocycles. The zero-order valence-corrected chi connectivity index (χ0v) is 22.5. The summed E-state index contributed by atoms with van der Waals surface area (Å²) in [5, 5.41) is 5.79. The van der Waals surface area contributed by atoms with Crippen LogP contribution in [0.3, 0.4) is 0 Å². The first-order chi connectivity index (χ1) is 16.4. The highest BCUT2D eigenvalue weighted by Gasteiger charge is 2.67. The third-order valence-electron chi connectivity index (χ3n) is 5.30. The van der Waals surface area contributed by atoms with Crippen LogP contribution in [-0.4, -0.2) is 16.1 Å². The number of carbonyl (C=O) groups excluding carboxylic acids is 2. The number of carbonyl (C=O) groups is 2. The zero-order chi connectivity index (χ0) is 25.7. The Kier molecular flexibility index (Phi) is 7.59. The number of hydrogen-bond donors (Lipinski definition) is 2. The molecule has 4 rings (SSSR count). The fraction of sp³-hybridized carbons (Fsp3) is 0.130. The van der Waals surface area contributed by atoms with E-state index in [0.29, 0.717) is 21.7 Å². The van der Waals surface area contributed by atoms with Crippen molar-refractivity contribution >= 4 is 97.1 Å². The molecule has 0 saturated heterocycles. The van der Waals surface area contributed by atoms with Crippen LogP contribution >= 0.6 is 73.9 Å². The molecule has 4 nitrogen and oxygen atoms in total. The third-order valence-corrected chi connectivity index (χ3v) is 7.64. The molecule has 1 aliphatic carbocycles. The fourth-order valence-electron chi connectivity index (χ4n) is 3.66. The predicted molar refractivity (Wildman–Crippen MR) is 139 cm³/mol. The van der Waals surface area contributed by atoms with Gasteiger partial charge in [0.15, 0.2) is 5.82 Å². The molecule has 2 N–H and O–H groups in total. The summed E-state index contributed by atoms with van der Waals surface area (Å²) in [5.41, 5.74) is 0.506. The Bertz CT molecular complexity index is 1330. The van der Waals surface area contributed by atoms with Gasteiger partial charge in [0.2, 0.25) is 5.91 Å². The number of hydrogen-bond acceptors (Lipinski definition) is 2. The van der Waals surface area contributed by atoms with Crippen LogP contribution in [0.25, 0.3) is 0 Å². The first-order valence-electron chi connectivity index (χ1n) is 9.78. The Morgan fingerprint density at radius 2 is 1.57 bits per heavy atom. The van der Waals surface area contributed by atoms with Gasteiger partial charge in [-0.15, -0.1) is 23.2 Å². The van der Waals surface area contributed by atoms with E-state index in [2.05, 4.69) is 26.6 Å². The van der Waals surface area contributed by atoms with Gasteiger partial charge in [-0.3, -0.25) is 9.59 Å². The van der Waals surface area contributed by atoms with Crippen molar-refractivity contribution in [3.63, 3.8) is 0 Å². The molecule has 1 fully saturated rings.